The topological polar surface area (TPSA) is 108 Å². The minimum atomic E-state index is -0.797. The Morgan fingerprint density at radius 3 is 2.43 bits per heavy atom. The van der Waals surface area contributed by atoms with E-state index >= 15 is 0 Å². The monoisotopic (exact) mass is 418 g/mol. The van der Waals surface area contributed by atoms with Crippen LogP contribution in [0.4, 0.5) is 0 Å². The Hall–Kier alpha value is -2.90. The van der Waals surface area contributed by atoms with Gasteiger partial charge in [0.2, 0.25) is 23.6 Å². The lowest BCUT2D eigenvalue weighted by atomic mass is 9.99. The van der Waals surface area contributed by atoms with Gasteiger partial charge in [0.1, 0.15) is 18.1 Å². The highest BCUT2D eigenvalue weighted by Gasteiger charge is 2.35. The average Bonchev–Trinajstić information content (AvgIpc) is 2.68. The smallest absolute Gasteiger partial charge is 0.245 e. The van der Waals surface area contributed by atoms with Crippen molar-refractivity contribution in [1.82, 2.24) is 20.9 Å². The van der Waals surface area contributed by atoms with Gasteiger partial charge in [0.25, 0.3) is 0 Å². The number of likely N-dealkylation sites (N-methyl/N-ethyl adjacent to an activating group) is 1. The Labute approximate surface area is 178 Å². The van der Waals surface area contributed by atoms with Gasteiger partial charge >= 0.3 is 0 Å². The van der Waals surface area contributed by atoms with E-state index < -0.39 is 29.9 Å². The number of amides is 4. The van der Waals surface area contributed by atoms with Gasteiger partial charge in [-0.05, 0) is 32.6 Å². The number of rotatable bonds is 5. The summed E-state index contributed by atoms with van der Waals surface area (Å²) in [4.78, 5) is 51.7. The molecule has 1 aliphatic heterocycles. The predicted octanol–water partition coefficient (Wildman–Crippen LogP) is 1.06. The van der Waals surface area contributed by atoms with Crippen LogP contribution in [0, 0.1) is 5.92 Å². The summed E-state index contributed by atoms with van der Waals surface area (Å²) in [7, 11) is 1.55. The number of carbonyl (C=O) groups is 4. The van der Waals surface area contributed by atoms with Crippen LogP contribution in [0.2, 0.25) is 0 Å². The summed E-state index contributed by atoms with van der Waals surface area (Å²) in [5.41, 5.74) is 0. The van der Waals surface area contributed by atoms with Gasteiger partial charge in [-0.1, -0.05) is 44.2 Å². The van der Waals surface area contributed by atoms with E-state index in [2.05, 4.69) is 16.0 Å². The molecule has 0 aromatic carbocycles. The number of hydrogen-bond donors (Lipinski definition) is 3. The summed E-state index contributed by atoms with van der Waals surface area (Å²) in [6.45, 7) is 7.51. The van der Waals surface area contributed by atoms with Gasteiger partial charge in [0, 0.05) is 19.7 Å². The Balaban J connectivity index is 3.03. The lowest BCUT2D eigenvalue weighted by Crippen LogP contribution is -2.58. The lowest BCUT2D eigenvalue weighted by Gasteiger charge is -2.34. The van der Waals surface area contributed by atoms with Crippen LogP contribution in [0.15, 0.2) is 36.5 Å². The molecule has 0 saturated carbocycles. The zero-order chi connectivity index (χ0) is 22.7. The normalized spacial score (nSPS) is 24.8. The molecule has 0 aromatic rings. The number of nitrogens with one attached hydrogen (secondary N) is 3. The van der Waals surface area contributed by atoms with Gasteiger partial charge in [-0.2, -0.15) is 0 Å². The Morgan fingerprint density at radius 2 is 1.80 bits per heavy atom. The van der Waals surface area contributed by atoms with E-state index in [0.29, 0.717) is 19.4 Å². The van der Waals surface area contributed by atoms with Gasteiger partial charge in [0.15, 0.2) is 0 Å². The number of hydrogen-bond acceptors (Lipinski definition) is 4. The second kappa shape index (κ2) is 12.6. The molecular weight excluding hydrogens is 384 g/mol. The summed E-state index contributed by atoms with van der Waals surface area (Å²) in [5, 5.41) is 8.14. The van der Waals surface area contributed by atoms with Crippen LogP contribution in [0.25, 0.3) is 0 Å². The highest BCUT2D eigenvalue weighted by Crippen LogP contribution is 2.14. The van der Waals surface area contributed by atoms with Gasteiger partial charge in [-0.25, -0.2) is 0 Å². The standard InChI is InChI=1S/C22H34N4O4/c1-6-7-8-9-10-13-18(27)25-17-12-11-14-23-20(28)16(4)24-21(29)19(15(2)3)26(5)22(17)30/h6-10,13,15-17,19H,11-12,14H2,1-5H3,(H,23,28)(H,24,29)(H,25,27)/b7-6-,9-8+,13-10+/t16-,17-,19-/m0/s1. The van der Waals surface area contributed by atoms with Gasteiger partial charge in [-0.3, -0.25) is 19.2 Å². The molecule has 30 heavy (non-hydrogen) atoms. The molecule has 3 atom stereocenters. The molecule has 166 valence electrons. The zero-order valence-corrected chi connectivity index (χ0v) is 18.5. The fraction of sp³-hybridized carbons (Fsp3) is 0.545. The molecule has 0 bridgehead atoms. The first-order chi connectivity index (χ1) is 14.2. The molecule has 3 N–H and O–H groups in total. The predicted molar refractivity (Wildman–Crippen MR) is 116 cm³/mol. The van der Waals surface area contributed by atoms with Crippen LogP contribution in [0.1, 0.15) is 40.5 Å². The molecule has 1 fully saturated rings. The van der Waals surface area contributed by atoms with Crippen molar-refractivity contribution in [1.29, 1.82) is 0 Å². The van der Waals surface area contributed by atoms with Crippen LogP contribution in [-0.2, 0) is 19.2 Å². The molecule has 1 saturated heterocycles. The first kappa shape index (κ1) is 25.1. The molecule has 1 rings (SSSR count). The van der Waals surface area contributed by atoms with Crippen LogP contribution in [0.5, 0.6) is 0 Å². The molecule has 8 nitrogen and oxygen atoms in total. The van der Waals surface area contributed by atoms with E-state index in [0.717, 1.165) is 0 Å². The van der Waals surface area contributed by atoms with E-state index in [1.807, 2.05) is 32.9 Å². The second-order valence-electron chi connectivity index (χ2n) is 7.63. The summed E-state index contributed by atoms with van der Waals surface area (Å²) in [6.07, 6.45) is 11.0. The fourth-order valence-corrected chi connectivity index (χ4v) is 3.20. The van der Waals surface area contributed by atoms with Crippen molar-refractivity contribution in [2.75, 3.05) is 13.6 Å². The third-order valence-corrected chi connectivity index (χ3v) is 4.77. The molecule has 0 aromatic heterocycles. The van der Waals surface area contributed by atoms with Crippen molar-refractivity contribution >= 4 is 23.6 Å². The van der Waals surface area contributed by atoms with Crippen LogP contribution >= 0.6 is 0 Å². The van der Waals surface area contributed by atoms with E-state index in [1.54, 1.807) is 32.2 Å². The third-order valence-electron chi connectivity index (χ3n) is 4.77. The van der Waals surface area contributed by atoms with Crippen LogP contribution in [-0.4, -0.2) is 60.2 Å². The summed E-state index contributed by atoms with van der Waals surface area (Å²) in [5.74, 6) is -1.60. The maximum atomic E-state index is 13.1. The van der Waals surface area contributed by atoms with Crippen molar-refractivity contribution < 1.29 is 19.2 Å². The second-order valence-corrected chi connectivity index (χ2v) is 7.63. The van der Waals surface area contributed by atoms with Crippen molar-refractivity contribution in [2.24, 2.45) is 5.92 Å². The molecule has 0 radical (unpaired) electrons. The molecule has 1 heterocycles. The van der Waals surface area contributed by atoms with Crippen molar-refractivity contribution in [2.45, 2.75) is 58.7 Å². The summed E-state index contributed by atoms with van der Waals surface area (Å²) in [6, 6.07) is -2.25. The molecule has 0 unspecified atom stereocenters. The minimum Gasteiger partial charge on any atom is -0.354 e. The zero-order valence-electron chi connectivity index (χ0n) is 18.5. The van der Waals surface area contributed by atoms with E-state index in [1.165, 1.54) is 11.0 Å². The molecule has 1 aliphatic rings. The fourth-order valence-electron chi connectivity index (χ4n) is 3.20. The molecule has 0 aliphatic carbocycles. The highest BCUT2D eigenvalue weighted by atomic mass is 16.2. The maximum Gasteiger partial charge on any atom is 0.245 e. The van der Waals surface area contributed by atoms with Crippen molar-refractivity contribution in [3.63, 3.8) is 0 Å². The quantitative estimate of drug-likeness (QED) is 0.458. The Bertz CT molecular complexity index is 712. The van der Waals surface area contributed by atoms with Crippen molar-refractivity contribution in [3.8, 4) is 0 Å². The molecular formula is C22H34N4O4. The summed E-state index contributed by atoms with van der Waals surface area (Å²) >= 11 is 0. The lowest BCUT2D eigenvalue weighted by molar-refractivity contribution is -0.144. The summed E-state index contributed by atoms with van der Waals surface area (Å²) < 4.78 is 0. The third kappa shape index (κ3) is 7.85. The number of nitrogens with zero attached hydrogens (tertiary/aromatic N) is 1. The first-order valence-electron chi connectivity index (χ1n) is 10.3. The van der Waals surface area contributed by atoms with Gasteiger partial charge in [0.05, 0.1) is 0 Å². The van der Waals surface area contributed by atoms with E-state index in [9.17, 15) is 19.2 Å². The maximum absolute atomic E-state index is 13.1. The number of carbonyl (C=O) groups excluding carboxylic acids is 4. The van der Waals surface area contributed by atoms with Gasteiger partial charge in [-0.15, -0.1) is 0 Å². The molecule has 4 amide bonds. The largest absolute Gasteiger partial charge is 0.354 e. The molecule has 0 spiro atoms. The Kier molecular flexibility index (Phi) is 10.6. The highest BCUT2D eigenvalue weighted by molar-refractivity contribution is 5.96. The SMILES string of the molecule is C\C=C/C=C/C=C/C(=O)N[C@H]1CCCNC(=O)[C@H](C)NC(=O)[C@H](C(C)C)N(C)C1=O. The van der Waals surface area contributed by atoms with E-state index in [4.69, 9.17) is 0 Å². The number of allylic oxidation sites excluding steroid dienone is 5. The van der Waals surface area contributed by atoms with E-state index in [-0.39, 0.29) is 17.7 Å². The minimum absolute atomic E-state index is 0.176. The Morgan fingerprint density at radius 1 is 1.13 bits per heavy atom. The first-order valence-corrected chi connectivity index (χ1v) is 10.3. The molecule has 8 heteroatoms. The average molecular weight is 419 g/mol. The van der Waals surface area contributed by atoms with Crippen molar-refractivity contribution in [3.05, 3.63) is 36.5 Å². The van der Waals surface area contributed by atoms with Crippen LogP contribution < -0.4 is 16.0 Å². The van der Waals surface area contributed by atoms with Crippen LogP contribution in [0.3, 0.4) is 0 Å². The van der Waals surface area contributed by atoms with Gasteiger partial charge < -0.3 is 20.9 Å².